The van der Waals surface area contributed by atoms with Gasteiger partial charge < -0.3 is 9.64 Å². The minimum absolute atomic E-state index is 0.0577. The Hall–Kier alpha value is -1.88. The zero-order valence-electron chi connectivity index (χ0n) is 15.5. The summed E-state index contributed by atoms with van der Waals surface area (Å²) in [6.07, 6.45) is 5.79. The number of ether oxygens (including phenoxy) is 1. The predicted octanol–water partition coefficient (Wildman–Crippen LogP) is 3.06. The molecule has 3 aliphatic rings. The van der Waals surface area contributed by atoms with Crippen LogP contribution in [0.3, 0.4) is 0 Å². The van der Waals surface area contributed by atoms with Gasteiger partial charge in [0.2, 0.25) is 5.91 Å². The lowest BCUT2D eigenvalue weighted by atomic mass is 9.83. The Balaban J connectivity index is 1.65. The number of carbonyl (C=O) groups excluding carboxylic acids is 2. The molecule has 2 aliphatic heterocycles. The third-order valence-corrected chi connectivity index (χ3v) is 6.26. The van der Waals surface area contributed by atoms with Crippen LogP contribution in [0.15, 0.2) is 30.3 Å². The molecule has 0 bridgehead atoms. The van der Waals surface area contributed by atoms with Crippen molar-refractivity contribution < 1.29 is 14.3 Å². The van der Waals surface area contributed by atoms with Gasteiger partial charge in [-0.1, -0.05) is 25.1 Å². The molecule has 1 aromatic carbocycles. The maximum atomic E-state index is 13.4. The fraction of sp³-hybridized carbons (Fsp3) is 0.619. The second kappa shape index (κ2) is 7.03. The minimum atomic E-state index is -0.612. The van der Waals surface area contributed by atoms with Gasteiger partial charge in [0.05, 0.1) is 6.61 Å². The first kappa shape index (κ1) is 17.5. The lowest BCUT2D eigenvalue weighted by Gasteiger charge is -2.43. The first-order chi connectivity index (χ1) is 12.6. The molecule has 26 heavy (non-hydrogen) atoms. The largest absolute Gasteiger partial charge is 0.353 e. The SMILES string of the molecule is CC1CCC2(CC1)OCC(C(=O)N1CCCC1)N2C(=O)c1ccccc1. The number of hydrogen-bond acceptors (Lipinski definition) is 3. The summed E-state index contributed by atoms with van der Waals surface area (Å²) in [5.74, 6) is 0.628. The van der Waals surface area contributed by atoms with Crippen LogP contribution in [0.5, 0.6) is 0 Å². The summed E-state index contributed by atoms with van der Waals surface area (Å²) in [5, 5.41) is 0. The molecule has 1 aromatic rings. The van der Waals surface area contributed by atoms with Gasteiger partial charge in [0.15, 0.2) is 0 Å². The van der Waals surface area contributed by atoms with Gasteiger partial charge in [0, 0.05) is 18.7 Å². The van der Waals surface area contributed by atoms with Crippen molar-refractivity contribution >= 4 is 11.8 Å². The van der Waals surface area contributed by atoms with E-state index in [9.17, 15) is 9.59 Å². The van der Waals surface area contributed by atoms with E-state index in [0.717, 1.165) is 51.6 Å². The summed E-state index contributed by atoms with van der Waals surface area (Å²) in [7, 11) is 0. The number of carbonyl (C=O) groups is 2. The van der Waals surface area contributed by atoms with Crippen LogP contribution in [-0.2, 0) is 9.53 Å². The third-order valence-electron chi connectivity index (χ3n) is 6.26. The highest BCUT2D eigenvalue weighted by Gasteiger charge is 2.54. The standard InChI is InChI=1S/C21H28N2O3/c1-16-9-11-21(12-10-16)23(19(24)17-7-3-2-4-8-17)18(15-26-21)20(25)22-13-5-6-14-22/h2-4,7-8,16,18H,5-6,9-15H2,1H3. The van der Waals surface area contributed by atoms with E-state index in [4.69, 9.17) is 4.74 Å². The number of nitrogens with zero attached hydrogens (tertiary/aromatic N) is 2. The Labute approximate surface area is 155 Å². The monoisotopic (exact) mass is 356 g/mol. The minimum Gasteiger partial charge on any atom is -0.353 e. The molecule has 0 N–H and O–H groups in total. The van der Waals surface area contributed by atoms with Crippen LogP contribution < -0.4 is 0 Å². The molecule has 1 spiro atoms. The van der Waals surface area contributed by atoms with E-state index in [0.29, 0.717) is 18.1 Å². The van der Waals surface area contributed by atoms with Gasteiger partial charge >= 0.3 is 0 Å². The summed E-state index contributed by atoms with van der Waals surface area (Å²) in [4.78, 5) is 30.2. The van der Waals surface area contributed by atoms with Crippen LogP contribution in [0.2, 0.25) is 0 Å². The van der Waals surface area contributed by atoms with Gasteiger partial charge in [-0.25, -0.2) is 0 Å². The van der Waals surface area contributed by atoms with Gasteiger partial charge in [0.25, 0.3) is 5.91 Å². The summed E-state index contributed by atoms with van der Waals surface area (Å²) < 4.78 is 6.24. The Morgan fingerprint density at radius 1 is 1.08 bits per heavy atom. The lowest BCUT2D eigenvalue weighted by molar-refractivity contribution is -0.136. The van der Waals surface area contributed by atoms with Crippen molar-refractivity contribution in [3.63, 3.8) is 0 Å². The molecule has 0 aromatic heterocycles. The fourth-order valence-corrected chi connectivity index (χ4v) is 4.64. The van der Waals surface area contributed by atoms with E-state index in [1.54, 1.807) is 4.90 Å². The molecule has 1 aliphatic carbocycles. The summed E-state index contributed by atoms with van der Waals surface area (Å²) in [6, 6.07) is 8.82. The number of rotatable bonds is 2. The Morgan fingerprint density at radius 3 is 2.38 bits per heavy atom. The van der Waals surface area contributed by atoms with Crippen LogP contribution in [0.4, 0.5) is 0 Å². The van der Waals surface area contributed by atoms with Crippen molar-refractivity contribution in [2.24, 2.45) is 5.92 Å². The van der Waals surface area contributed by atoms with E-state index in [1.165, 1.54) is 0 Å². The van der Waals surface area contributed by atoms with E-state index in [2.05, 4.69) is 6.92 Å². The molecular formula is C21H28N2O3. The molecule has 2 amide bonds. The van der Waals surface area contributed by atoms with Crippen molar-refractivity contribution in [1.82, 2.24) is 9.80 Å². The smallest absolute Gasteiger partial charge is 0.256 e. The summed E-state index contributed by atoms with van der Waals surface area (Å²) >= 11 is 0. The molecule has 1 saturated carbocycles. The van der Waals surface area contributed by atoms with Crippen molar-refractivity contribution in [2.75, 3.05) is 19.7 Å². The highest BCUT2D eigenvalue weighted by Crippen LogP contribution is 2.43. The topological polar surface area (TPSA) is 49.9 Å². The Kier molecular flexibility index (Phi) is 4.74. The van der Waals surface area contributed by atoms with E-state index in [-0.39, 0.29) is 11.8 Å². The second-order valence-electron chi connectivity index (χ2n) is 8.03. The van der Waals surface area contributed by atoms with E-state index >= 15 is 0 Å². The number of amides is 2. The van der Waals surface area contributed by atoms with Crippen molar-refractivity contribution in [2.45, 2.75) is 57.2 Å². The average Bonchev–Trinajstić information content (AvgIpc) is 3.33. The Morgan fingerprint density at radius 2 is 1.73 bits per heavy atom. The first-order valence-electron chi connectivity index (χ1n) is 9.92. The lowest BCUT2D eigenvalue weighted by Crippen LogP contribution is -2.57. The molecule has 2 heterocycles. The number of likely N-dealkylation sites (tertiary alicyclic amines) is 1. The fourth-order valence-electron chi connectivity index (χ4n) is 4.64. The van der Waals surface area contributed by atoms with Gasteiger partial charge in [-0.15, -0.1) is 0 Å². The van der Waals surface area contributed by atoms with Crippen LogP contribution >= 0.6 is 0 Å². The van der Waals surface area contributed by atoms with Crippen LogP contribution in [-0.4, -0.2) is 53.1 Å². The molecule has 5 heteroatoms. The molecule has 5 nitrogen and oxygen atoms in total. The van der Waals surface area contributed by atoms with Crippen molar-refractivity contribution in [1.29, 1.82) is 0 Å². The van der Waals surface area contributed by atoms with Crippen molar-refractivity contribution in [3.05, 3.63) is 35.9 Å². The Bertz CT molecular complexity index is 661. The molecule has 0 radical (unpaired) electrons. The quantitative estimate of drug-likeness (QED) is 0.818. The predicted molar refractivity (Wildman–Crippen MR) is 98.5 cm³/mol. The maximum absolute atomic E-state index is 13.4. The molecule has 3 fully saturated rings. The first-order valence-corrected chi connectivity index (χ1v) is 9.92. The molecular weight excluding hydrogens is 328 g/mol. The molecule has 140 valence electrons. The van der Waals surface area contributed by atoms with Crippen molar-refractivity contribution in [3.8, 4) is 0 Å². The van der Waals surface area contributed by atoms with Crippen LogP contribution in [0, 0.1) is 5.92 Å². The highest BCUT2D eigenvalue weighted by molar-refractivity contribution is 5.98. The zero-order valence-corrected chi connectivity index (χ0v) is 15.5. The van der Waals surface area contributed by atoms with Crippen LogP contribution in [0.25, 0.3) is 0 Å². The summed E-state index contributed by atoms with van der Waals surface area (Å²) in [6.45, 7) is 4.17. The average molecular weight is 356 g/mol. The van der Waals surface area contributed by atoms with E-state index in [1.807, 2.05) is 35.2 Å². The van der Waals surface area contributed by atoms with Crippen LogP contribution in [0.1, 0.15) is 55.8 Å². The van der Waals surface area contributed by atoms with Gasteiger partial charge in [-0.3, -0.25) is 14.5 Å². The normalized spacial score (nSPS) is 31.6. The summed E-state index contributed by atoms with van der Waals surface area (Å²) in [5.41, 5.74) is 0.0228. The van der Waals surface area contributed by atoms with E-state index < -0.39 is 11.8 Å². The highest BCUT2D eigenvalue weighted by atomic mass is 16.5. The second-order valence-corrected chi connectivity index (χ2v) is 8.03. The number of benzene rings is 1. The van der Waals surface area contributed by atoms with Gasteiger partial charge in [-0.05, 0) is 56.6 Å². The molecule has 1 atom stereocenters. The van der Waals surface area contributed by atoms with Gasteiger partial charge in [0.1, 0.15) is 11.8 Å². The molecule has 4 rings (SSSR count). The third kappa shape index (κ3) is 3.02. The number of hydrogen-bond donors (Lipinski definition) is 0. The molecule has 1 unspecified atom stereocenters. The zero-order chi connectivity index (χ0) is 18.1. The van der Waals surface area contributed by atoms with Gasteiger partial charge in [-0.2, -0.15) is 0 Å². The maximum Gasteiger partial charge on any atom is 0.256 e. The molecule has 2 saturated heterocycles.